The van der Waals surface area contributed by atoms with Gasteiger partial charge in [0.2, 0.25) is 0 Å². The number of nitriles is 1. The Hall–Kier alpha value is -2.14. The van der Waals surface area contributed by atoms with Crippen LogP contribution in [-0.4, -0.2) is 0 Å². The van der Waals surface area contributed by atoms with Crippen molar-refractivity contribution in [2.24, 2.45) is 0 Å². The van der Waals surface area contributed by atoms with Gasteiger partial charge >= 0.3 is 0 Å². The molecule has 0 aromatic heterocycles. The molecule has 0 heterocycles. The van der Waals surface area contributed by atoms with E-state index in [1.807, 2.05) is 18.2 Å². The van der Waals surface area contributed by atoms with Crippen LogP contribution in [0.3, 0.4) is 0 Å². The van der Waals surface area contributed by atoms with Gasteiger partial charge in [-0.15, -0.1) is 0 Å². The number of hydrogen-bond donors (Lipinski definition) is 0. The second-order valence-electron chi connectivity index (χ2n) is 4.60. The molecule has 0 aliphatic heterocycles. The van der Waals surface area contributed by atoms with Crippen molar-refractivity contribution in [3.05, 3.63) is 58.9 Å². The molecule has 2 aromatic rings. The zero-order valence-corrected chi connectivity index (χ0v) is 9.91. The van der Waals surface area contributed by atoms with Crippen LogP contribution in [0.15, 0.2) is 36.4 Å². The maximum Gasteiger partial charge on any atom is 0.123 e. The van der Waals surface area contributed by atoms with Crippen molar-refractivity contribution in [3.63, 3.8) is 0 Å². The Labute approximate surface area is 106 Å². The zero-order chi connectivity index (χ0) is 12.5. The van der Waals surface area contributed by atoms with E-state index in [-0.39, 0.29) is 5.82 Å². The minimum Gasteiger partial charge on any atom is -0.207 e. The van der Waals surface area contributed by atoms with Crippen LogP contribution < -0.4 is 0 Å². The van der Waals surface area contributed by atoms with Gasteiger partial charge in [0.1, 0.15) is 5.82 Å². The largest absolute Gasteiger partial charge is 0.207 e. The Morgan fingerprint density at radius 3 is 2.78 bits per heavy atom. The van der Waals surface area contributed by atoms with E-state index >= 15 is 0 Å². The van der Waals surface area contributed by atoms with E-state index in [2.05, 4.69) is 6.07 Å². The monoisotopic (exact) mass is 237 g/mol. The van der Waals surface area contributed by atoms with Gasteiger partial charge in [-0.2, -0.15) is 5.26 Å². The average Bonchev–Trinajstić information content (AvgIpc) is 2.85. The van der Waals surface area contributed by atoms with Crippen LogP contribution in [-0.2, 0) is 12.8 Å². The molecule has 0 bridgehead atoms. The SMILES string of the molecule is N#Cc1ccc2c(c1-c1cccc(F)c1)CCC2. The number of nitrogens with zero attached hydrogens (tertiary/aromatic N) is 1. The summed E-state index contributed by atoms with van der Waals surface area (Å²) >= 11 is 0. The molecular weight excluding hydrogens is 225 g/mol. The summed E-state index contributed by atoms with van der Waals surface area (Å²) in [5.74, 6) is -0.257. The second kappa shape index (κ2) is 4.27. The van der Waals surface area contributed by atoms with Crippen molar-refractivity contribution in [1.82, 2.24) is 0 Å². The fourth-order valence-electron chi connectivity index (χ4n) is 2.73. The van der Waals surface area contributed by atoms with E-state index in [9.17, 15) is 9.65 Å². The van der Waals surface area contributed by atoms with Gasteiger partial charge < -0.3 is 0 Å². The molecule has 3 rings (SSSR count). The molecule has 0 fully saturated rings. The molecule has 0 N–H and O–H groups in total. The summed E-state index contributed by atoms with van der Waals surface area (Å²) in [4.78, 5) is 0. The quantitative estimate of drug-likeness (QED) is 0.739. The van der Waals surface area contributed by atoms with Gasteiger partial charge in [-0.25, -0.2) is 4.39 Å². The molecule has 88 valence electrons. The van der Waals surface area contributed by atoms with Gasteiger partial charge in [0.15, 0.2) is 0 Å². The molecule has 0 unspecified atom stereocenters. The van der Waals surface area contributed by atoms with Gasteiger partial charge in [0.25, 0.3) is 0 Å². The summed E-state index contributed by atoms with van der Waals surface area (Å²) in [7, 11) is 0. The summed E-state index contributed by atoms with van der Waals surface area (Å²) in [5.41, 5.74) is 4.89. The summed E-state index contributed by atoms with van der Waals surface area (Å²) < 4.78 is 13.4. The summed E-state index contributed by atoms with van der Waals surface area (Å²) in [5, 5.41) is 9.24. The molecule has 2 aromatic carbocycles. The van der Waals surface area contributed by atoms with Crippen LogP contribution in [0.25, 0.3) is 11.1 Å². The maximum absolute atomic E-state index is 13.4. The lowest BCUT2D eigenvalue weighted by Crippen LogP contribution is -1.93. The highest BCUT2D eigenvalue weighted by Crippen LogP contribution is 2.35. The first kappa shape index (κ1) is 11.0. The molecule has 0 saturated carbocycles. The Bertz CT molecular complexity index is 653. The topological polar surface area (TPSA) is 23.8 Å². The van der Waals surface area contributed by atoms with Crippen molar-refractivity contribution in [2.75, 3.05) is 0 Å². The van der Waals surface area contributed by atoms with E-state index in [1.165, 1.54) is 23.3 Å². The van der Waals surface area contributed by atoms with Gasteiger partial charge in [0.05, 0.1) is 11.6 Å². The molecular formula is C16H12FN. The van der Waals surface area contributed by atoms with E-state index in [0.29, 0.717) is 5.56 Å². The van der Waals surface area contributed by atoms with Gasteiger partial charge in [0, 0.05) is 5.56 Å². The van der Waals surface area contributed by atoms with E-state index < -0.39 is 0 Å². The number of halogens is 1. The van der Waals surface area contributed by atoms with Crippen molar-refractivity contribution >= 4 is 0 Å². The molecule has 1 aliphatic rings. The number of fused-ring (bicyclic) bond motifs is 1. The molecule has 0 radical (unpaired) electrons. The molecule has 0 spiro atoms. The zero-order valence-electron chi connectivity index (χ0n) is 9.91. The van der Waals surface area contributed by atoms with Crippen molar-refractivity contribution in [2.45, 2.75) is 19.3 Å². The highest BCUT2D eigenvalue weighted by Gasteiger charge is 2.19. The smallest absolute Gasteiger partial charge is 0.123 e. The lowest BCUT2D eigenvalue weighted by molar-refractivity contribution is 0.628. The van der Waals surface area contributed by atoms with Crippen LogP contribution in [0.1, 0.15) is 23.1 Å². The van der Waals surface area contributed by atoms with Gasteiger partial charge in [-0.3, -0.25) is 0 Å². The third-order valence-electron chi connectivity index (χ3n) is 3.52. The number of rotatable bonds is 1. The predicted octanol–water partition coefficient (Wildman–Crippen LogP) is 3.85. The van der Waals surface area contributed by atoms with Crippen LogP contribution in [0.4, 0.5) is 4.39 Å². The lowest BCUT2D eigenvalue weighted by atomic mass is 9.92. The number of benzene rings is 2. The normalized spacial score (nSPS) is 13.1. The maximum atomic E-state index is 13.4. The van der Waals surface area contributed by atoms with Gasteiger partial charge in [-0.1, -0.05) is 18.2 Å². The lowest BCUT2D eigenvalue weighted by Gasteiger charge is -2.11. The Morgan fingerprint density at radius 2 is 2.00 bits per heavy atom. The summed E-state index contributed by atoms with van der Waals surface area (Å²) in [6.07, 6.45) is 3.16. The summed E-state index contributed by atoms with van der Waals surface area (Å²) in [6.45, 7) is 0. The van der Waals surface area contributed by atoms with E-state index in [0.717, 1.165) is 30.4 Å². The molecule has 18 heavy (non-hydrogen) atoms. The second-order valence-corrected chi connectivity index (χ2v) is 4.60. The Morgan fingerprint density at radius 1 is 1.11 bits per heavy atom. The van der Waals surface area contributed by atoms with E-state index in [1.54, 1.807) is 6.07 Å². The molecule has 1 aliphatic carbocycles. The Balaban J connectivity index is 2.28. The van der Waals surface area contributed by atoms with Crippen molar-refractivity contribution < 1.29 is 4.39 Å². The van der Waals surface area contributed by atoms with Crippen LogP contribution >= 0.6 is 0 Å². The van der Waals surface area contributed by atoms with Gasteiger partial charge in [-0.05, 0) is 54.2 Å². The van der Waals surface area contributed by atoms with Crippen LogP contribution in [0, 0.1) is 17.1 Å². The fourth-order valence-corrected chi connectivity index (χ4v) is 2.73. The minimum absolute atomic E-state index is 0.257. The first-order valence-corrected chi connectivity index (χ1v) is 6.10. The highest BCUT2D eigenvalue weighted by molar-refractivity contribution is 5.75. The third-order valence-corrected chi connectivity index (χ3v) is 3.52. The van der Waals surface area contributed by atoms with E-state index in [4.69, 9.17) is 0 Å². The minimum atomic E-state index is -0.257. The summed E-state index contributed by atoms with van der Waals surface area (Å²) in [6, 6.07) is 12.6. The standard InChI is InChI=1S/C16H12FN/c17-14-5-1-4-12(9-14)16-13(10-18)8-7-11-3-2-6-15(11)16/h1,4-5,7-9H,2-3,6H2. The highest BCUT2D eigenvalue weighted by atomic mass is 19.1. The fraction of sp³-hybridized carbons (Fsp3) is 0.188. The van der Waals surface area contributed by atoms with Crippen molar-refractivity contribution in [3.8, 4) is 17.2 Å². The Kier molecular flexibility index (Phi) is 2.60. The van der Waals surface area contributed by atoms with Crippen LogP contribution in [0.5, 0.6) is 0 Å². The average molecular weight is 237 g/mol. The molecule has 1 nitrogen and oxygen atoms in total. The number of hydrogen-bond acceptors (Lipinski definition) is 1. The van der Waals surface area contributed by atoms with Crippen LogP contribution in [0.2, 0.25) is 0 Å². The third kappa shape index (κ3) is 1.69. The number of aryl methyl sites for hydroxylation is 1. The first-order chi connectivity index (χ1) is 8.79. The first-order valence-electron chi connectivity index (χ1n) is 6.10. The molecule has 2 heteroatoms. The molecule has 0 amide bonds. The molecule has 0 saturated heterocycles. The van der Waals surface area contributed by atoms with Crippen molar-refractivity contribution in [1.29, 1.82) is 5.26 Å². The molecule has 0 atom stereocenters. The predicted molar refractivity (Wildman–Crippen MR) is 68.6 cm³/mol.